The number of aryl methyl sites for hydroxylation is 2. The number of amides is 2. The third-order valence-corrected chi connectivity index (χ3v) is 4.78. The summed E-state index contributed by atoms with van der Waals surface area (Å²) >= 11 is 0. The van der Waals surface area contributed by atoms with Crippen LogP contribution in [0.3, 0.4) is 0 Å². The van der Waals surface area contributed by atoms with Crippen molar-refractivity contribution in [2.45, 2.75) is 52.5 Å². The minimum absolute atomic E-state index is 0.0133. The first-order valence-electron chi connectivity index (χ1n) is 8.57. The molecule has 2 amide bonds. The van der Waals surface area contributed by atoms with Crippen LogP contribution in [0.4, 0.5) is 0 Å². The molecule has 0 radical (unpaired) electrons. The average molecular weight is 331 g/mol. The van der Waals surface area contributed by atoms with Crippen molar-refractivity contribution in [3.63, 3.8) is 0 Å². The van der Waals surface area contributed by atoms with Gasteiger partial charge < -0.3 is 14.6 Å². The molecule has 2 aliphatic rings. The molecular weight excluding hydrogens is 306 g/mol. The van der Waals surface area contributed by atoms with Crippen molar-refractivity contribution in [1.82, 2.24) is 10.2 Å². The molecule has 24 heavy (non-hydrogen) atoms. The normalized spacial score (nSPS) is 19.8. The fraction of sp³-hybridized carbons (Fsp3) is 0.611. The minimum Gasteiger partial charge on any atom is -0.466 e. The third kappa shape index (κ3) is 2.97. The first kappa shape index (κ1) is 16.7. The van der Waals surface area contributed by atoms with Crippen molar-refractivity contribution < 1.29 is 14.0 Å². The summed E-state index contributed by atoms with van der Waals surface area (Å²) in [5.41, 5.74) is -0.0640. The van der Waals surface area contributed by atoms with Crippen LogP contribution in [0, 0.1) is 19.8 Å². The van der Waals surface area contributed by atoms with Crippen LogP contribution in [-0.2, 0) is 4.79 Å². The second kappa shape index (κ2) is 6.07. The lowest BCUT2D eigenvalue weighted by atomic mass is 9.87. The zero-order valence-corrected chi connectivity index (χ0v) is 14.8. The Morgan fingerprint density at radius 2 is 2.04 bits per heavy atom. The first-order valence-corrected chi connectivity index (χ1v) is 8.57. The summed E-state index contributed by atoms with van der Waals surface area (Å²) in [7, 11) is 0. The molecule has 1 fully saturated rings. The van der Waals surface area contributed by atoms with Gasteiger partial charge in [-0.1, -0.05) is 13.8 Å². The van der Waals surface area contributed by atoms with E-state index in [9.17, 15) is 9.59 Å². The van der Waals surface area contributed by atoms with Gasteiger partial charge in [-0.2, -0.15) is 0 Å². The Morgan fingerprint density at radius 3 is 2.58 bits per heavy atom. The standard InChI is InChI=1S/C18H25N3O3/c1-11(2)9-15-19-17(23)18(20-15)5-7-21(8-6-18)16(22)14-10-12(3)24-13(14)4/h10-11H,5-9H2,1-4H3,(H,19,20,23). The van der Waals surface area contributed by atoms with Crippen molar-refractivity contribution in [2.75, 3.05) is 13.1 Å². The van der Waals surface area contributed by atoms with Crippen LogP contribution < -0.4 is 5.32 Å². The number of aliphatic imine (C=N–C) groups is 1. The maximum absolute atomic E-state index is 12.7. The van der Waals surface area contributed by atoms with Crippen LogP contribution >= 0.6 is 0 Å². The fourth-order valence-corrected chi connectivity index (χ4v) is 3.50. The molecule has 0 bridgehead atoms. The number of furan rings is 1. The summed E-state index contributed by atoms with van der Waals surface area (Å²) in [5.74, 6) is 2.59. The molecule has 1 aromatic heterocycles. The van der Waals surface area contributed by atoms with Crippen molar-refractivity contribution >= 4 is 17.6 Å². The second-order valence-corrected chi connectivity index (χ2v) is 7.26. The molecule has 3 rings (SSSR count). The first-order chi connectivity index (χ1) is 11.3. The number of piperidine rings is 1. The molecule has 130 valence electrons. The predicted octanol–water partition coefficient (Wildman–Crippen LogP) is 2.45. The monoisotopic (exact) mass is 331 g/mol. The summed E-state index contributed by atoms with van der Waals surface area (Å²) in [6.45, 7) is 8.93. The van der Waals surface area contributed by atoms with Gasteiger partial charge in [0.05, 0.1) is 5.56 Å². The molecule has 1 spiro atoms. The molecule has 2 aliphatic heterocycles. The van der Waals surface area contributed by atoms with Gasteiger partial charge in [0.1, 0.15) is 22.9 Å². The number of carbonyl (C=O) groups is 2. The summed E-state index contributed by atoms with van der Waals surface area (Å²) in [4.78, 5) is 31.5. The Balaban J connectivity index is 1.69. The number of hydrogen-bond acceptors (Lipinski definition) is 4. The van der Waals surface area contributed by atoms with Gasteiger partial charge in [-0.05, 0) is 38.7 Å². The van der Waals surface area contributed by atoms with E-state index in [0.29, 0.717) is 43.2 Å². The van der Waals surface area contributed by atoms with E-state index in [0.717, 1.165) is 18.0 Å². The van der Waals surface area contributed by atoms with E-state index in [2.05, 4.69) is 24.2 Å². The summed E-state index contributed by atoms with van der Waals surface area (Å²) < 4.78 is 5.45. The fourth-order valence-electron chi connectivity index (χ4n) is 3.50. The number of nitrogens with one attached hydrogen (secondary N) is 1. The van der Waals surface area contributed by atoms with E-state index >= 15 is 0 Å². The predicted molar refractivity (Wildman–Crippen MR) is 91.1 cm³/mol. The van der Waals surface area contributed by atoms with Gasteiger partial charge in [-0.25, -0.2) is 0 Å². The molecule has 6 nitrogen and oxygen atoms in total. The number of hydrogen-bond donors (Lipinski definition) is 1. The van der Waals surface area contributed by atoms with Crippen LogP contribution in [0.25, 0.3) is 0 Å². The molecule has 0 aromatic carbocycles. The molecule has 0 saturated carbocycles. The molecule has 0 unspecified atom stereocenters. The highest BCUT2D eigenvalue weighted by Crippen LogP contribution is 2.31. The van der Waals surface area contributed by atoms with Gasteiger partial charge in [0.2, 0.25) is 0 Å². The number of likely N-dealkylation sites (tertiary alicyclic amines) is 1. The Morgan fingerprint density at radius 1 is 1.38 bits per heavy atom. The van der Waals surface area contributed by atoms with E-state index in [1.54, 1.807) is 17.9 Å². The lowest BCUT2D eigenvalue weighted by molar-refractivity contribution is -0.125. The third-order valence-electron chi connectivity index (χ3n) is 4.78. The van der Waals surface area contributed by atoms with E-state index < -0.39 is 5.54 Å². The van der Waals surface area contributed by atoms with E-state index in [4.69, 9.17) is 4.42 Å². The Hall–Kier alpha value is -2.11. The van der Waals surface area contributed by atoms with Gasteiger partial charge >= 0.3 is 0 Å². The number of nitrogens with zero attached hydrogens (tertiary/aromatic N) is 2. The number of carbonyl (C=O) groups excluding carboxylic acids is 2. The molecule has 1 N–H and O–H groups in total. The van der Waals surface area contributed by atoms with Crippen LogP contribution in [0.5, 0.6) is 0 Å². The lowest BCUT2D eigenvalue weighted by Crippen LogP contribution is -2.50. The maximum Gasteiger partial charge on any atom is 0.257 e. The Labute approximate surface area is 142 Å². The van der Waals surface area contributed by atoms with Crippen LogP contribution in [0.15, 0.2) is 15.5 Å². The second-order valence-electron chi connectivity index (χ2n) is 7.26. The van der Waals surface area contributed by atoms with Crippen molar-refractivity contribution in [1.29, 1.82) is 0 Å². The Kier molecular flexibility index (Phi) is 4.24. The van der Waals surface area contributed by atoms with E-state index in [1.165, 1.54) is 0 Å². The van der Waals surface area contributed by atoms with Crippen molar-refractivity contribution in [3.05, 3.63) is 23.2 Å². The molecule has 0 atom stereocenters. The van der Waals surface area contributed by atoms with Crippen molar-refractivity contribution in [2.24, 2.45) is 10.9 Å². The van der Waals surface area contributed by atoms with Gasteiger partial charge in [0.15, 0.2) is 0 Å². The largest absolute Gasteiger partial charge is 0.466 e. The van der Waals surface area contributed by atoms with Crippen molar-refractivity contribution in [3.8, 4) is 0 Å². The van der Waals surface area contributed by atoms with Crippen LogP contribution in [0.2, 0.25) is 0 Å². The highest BCUT2D eigenvalue weighted by molar-refractivity contribution is 6.08. The molecule has 3 heterocycles. The summed E-state index contributed by atoms with van der Waals surface area (Å²) in [6, 6.07) is 1.78. The van der Waals surface area contributed by atoms with Crippen LogP contribution in [-0.4, -0.2) is 41.2 Å². The Bertz CT molecular complexity index is 694. The smallest absolute Gasteiger partial charge is 0.257 e. The minimum atomic E-state index is -0.678. The summed E-state index contributed by atoms with van der Waals surface area (Å²) in [5, 5.41) is 2.93. The molecular formula is C18H25N3O3. The molecule has 1 saturated heterocycles. The zero-order valence-electron chi connectivity index (χ0n) is 14.8. The quantitative estimate of drug-likeness (QED) is 0.924. The highest BCUT2D eigenvalue weighted by Gasteiger charge is 2.46. The van der Waals surface area contributed by atoms with E-state index in [1.807, 2.05) is 6.92 Å². The van der Waals surface area contributed by atoms with Gasteiger partial charge in [-0.15, -0.1) is 0 Å². The zero-order chi connectivity index (χ0) is 17.5. The van der Waals surface area contributed by atoms with E-state index in [-0.39, 0.29) is 11.8 Å². The maximum atomic E-state index is 12.7. The highest BCUT2D eigenvalue weighted by atomic mass is 16.3. The topological polar surface area (TPSA) is 74.9 Å². The summed E-state index contributed by atoms with van der Waals surface area (Å²) in [6.07, 6.45) is 1.92. The number of rotatable bonds is 3. The lowest BCUT2D eigenvalue weighted by Gasteiger charge is -2.35. The van der Waals surface area contributed by atoms with Gasteiger partial charge in [-0.3, -0.25) is 14.6 Å². The van der Waals surface area contributed by atoms with Gasteiger partial charge in [0.25, 0.3) is 11.8 Å². The molecule has 6 heteroatoms. The van der Waals surface area contributed by atoms with Crippen LogP contribution in [0.1, 0.15) is 55.0 Å². The molecule has 0 aliphatic carbocycles. The average Bonchev–Trinajstić information content (AvgIpc) is 2.98. The molecule has 1 aromatic rings. The number of amidine groups is 1. The van der Waals surface area contributed by atoms with Gasteiger partial charge in [0, 0.05) is 19.5 Å². The SMILES string of the molecule is Cc1cc(C(=O)N2CCC3(CC2)N=C(CC(C)C)NC3=O)c(C)o1.